The Morgan fingerprint density at radius 1 is 1.13 bits per heavy atom. The van der Waals surface area contributed by atoms with Gasteiger partial charge in [-0.05, 0) is 35.7 Å². The van der Waals surface area contributed by atoms with Crippen molar-refractivity contribution in [1.29, 1.82) is 0 Å². The number of hydrogen-bond acceptors (Lipinski definition) is 6. The zero-order valence-corrected chi connectivity index (χ0v) is 21.0. The maximum absolute atomic E-state index is 14.6. The number of likely N-dealkylation sites (tertiary alicyclic amines) is 1. The van der Waals surface area contributed by atoms with E-state index in [1.54, 1.807) is 21.8 Å². The van der Waals surface area contributed by atoms with Crippen LogP contribution in [0.5, 0.6) is 5.75 Å². The van der Waals surface area contributed by atoms with Gasteiger partial charge in [0.05, 0.1) is 37.9 Å². The van der Waals surface area contributed by atoms with Crippen molar-refractivity contribution in [2.45, 2.75) is 37.4 Å². The van der Waals surface area contributed by atoms with Crippen LogP contribution >= 0.6 is 0 Å². The molecule has 7 rings (SSSR count). The van der Waals surface area contributed by atoms with E-state index in [0.29, 0.717) is 44.1 Å². The van der Waals surface area contributed by atoms with Gasteiger partial charge in [0.15, 0.2) is 0 Å². The molecule has 0 aliphatic carbocycles. The molecule has 1 spiro atoms. The number of aromatic nitrogens is 5. The maximum Gasteiger partial charge on any atom is 0.272 e. The predicted molar refractivity (Wildman–Crippen MR) is 137 cm³/mol. The van der Waals surface area contributed by atoms with Crippen molar-refractivity contribution in [3.63, 3.8) is 0 Å². The SMILES string of the molecule is Cn1cncc1C(=O)N1CC[C@]23C(=O)N(Cc4cn(nn4)CCCOc4cccc(c4)[C@H]12)c1ccccc13. The second-order valence-corrected chi connectivity index (χ2v) is 10.2. The number of nitrogens with zero attached hydrogens (tertiary/aromatic N) is 7. The molecular weight excluding hydrogens is 482 g/mol. The highest BCUT2D eigenvalue weighted by Crippen LogP contribution is 2.57. The average molecular weight is 510 g/mol. The first kappa shape index (κ1) is 22.7. The molecule has 2 aromatic heterocycles. The normalized spacial score (nSPS) is 22.3. The highest BCUT2D eigenvalue weighted by Gasteiger charge is 2.61. The number of carbonyl (C=O) groups is 2. The van der Waals surface area contributed by atoms with Crippen molar-refractivity contribution in [3.05, 3.63) is 89.8 Å². The number of hydrogen-bond donors (Lipinski definition) is 0. The molecule has 3 aliphatic rings. The van der Waals surface area contributed by atoms with E-state index in [-0.39, 0.29) is 11.8 Å². The Hall–Kier alpha value is -4.47. The van der Waals surface area contributed by atoms with Crippen LogP contribution in [-0.4, -0.2) is 54.4 Å². The quantitative estimate of drug-likeness (QED) is 0.391. The lowest BCUT2D eigenvalue weighted by Crippen LogP contribution is -2.45. The fourth-order valence-electron chi connectivity index (χ4n) is 6.31. The number of rotatable bonds is 1. The van der Waals surface area contributed by atoms with Crippen molar-refractivity contribution in [2.24, 2.45) is 7.05 Å². The van der Waals surface area contributed by atoms with Crippen molar-refractivity contribution < 1.29 is 14.3 Å². The van der Waals surface area contributed by atoms with Crippen LogP contribution < -0.4 is 9.64 Å². The van der Waals surface area contributed by atoms with Crippen molar-refractivity contribution in [3.8, 4) is 5.75 Å². The van der Waals surface area contributed by atoms with Gasteiger partial charge in [0, 0.05) is 32.2 Å². The highest BCUT2D eigenvalue weighted by molar-refractivity contribution is 6.10. The maximum atomic E-state index is 14.6. The van der Waals surface area contributed by atoms with Gasteiger partial charge in [-0.15, -0.1) is 5.10 Å². The van der Waals surface area contributed by atoms with Crippen molar-refractivity contribution in [2.75, 3.05) is 18.1 Å². The third-order valence-corrected chi connectivity index (χ3v) is 8.00. The smallest absolute Gasteiger partial charge is 0.272 e. The molecule has 0 radical (unpaired) electrons. The first-order chi connectivity index (χ1) is 18.6. The second-order valence-electron chi connectivity index (χ2n) is 10.2. The van der Waals surface area contributed by atoms with Gasteiger partial charge >= 0.3 is 0 Å². The van der Waals surface area contributed by atoms with E-state index in [9.17, 15) is 9.59 Å². The second kappa shape index (κ2) is 8.54. The summed E-state index contributed by atoms with van der Waals surface area (Å²) in [5, 5.41) is 8.61. The van der Waals surface area contributed by atoms with Gasteiger partial charge in [-0.2, -0.15) is 0 Å². The zero-order chi connectivity index (χ0) is 25.9. The summed E-state index contributed by atoms with van der Waals surface area (Å²) in [5.74, 6) is 0.532. The number of ether oxygens (including phenoxy) is 1. The molecule has 2 amide bonds. The van der Waals surface area contributed by atoms with E-state index in [1.807, 2.05) is 71.6 Å². The molecule has 38 heavy (non-hydrogen) atoms. The third kappa shape index (κ3) is 3.29. The molecule has 10 nitrogen and oxygen atoms in total. The molecule has 4 aromatic rings. The number of imidazole rings is 1. The number of amides is 2. The molecule has 10 heteroatoms. The van der Waals surface area contributed by atoms with E-state index in [1.165, 1.54) is 0 Å². The van der Waals surface area contributed by atoms with Crippen LogP contribution in [0.25, 0.3) is 0 Å². The van der Waals surface area contributed by atoms with Crippen molar-refractivity contribution >= 4 is 17.5 Å². The van der Waals surface area contributed by atoms with Gasteiger partial charge in [0.2, 0.25) is 5.91 Å². The van der Waals surface area contributed by atoms with Gasteiger partial charge < -0.3 is 19.1 Å². The lowest BCUT2D eigenvalue weighted by Gasteiger charge is -2.35. The van der Waals surface area contributed by atoms with Crippen LogP contribution in [0, 0.1) is 0 Å². The minimum Gasteiger partial charge on any atom is -0.494 e. The van der Waals surface area contributed by atoms with Crippen LogP contribution in [-0.2, 0) is 30.3 Å². The Kier molecular flexibility index (Phi) is 5.10. The van der Waals surface area contributed by atoms with Gasteiger partial charge in [-0.3, -0.25) is 14.3 Å². The van der Waals surface area contributed by atoms with Crippen LogP contribution in [0.4, 0.5) is 5.69 Å². The zero-order valence-electron chi connectivity index (χ0n) is 21.0. The van der Waals surface area contributed by atoms with E-state index in [0.717, 1.165) is 28.9 Å². The standard InChI is InChI=1S/C28H27N7O3/c1-32-18-29-15-24(32)26(36)34-12-10-28-22-8-2-3-9-23(22)35(27(28)37)17-20-16-33(31-30-20)11-5-13-38-21-7-4-6-19(14-21)25(28)34/h2-4,6-9,14-16,18,25H,5,10-13,17H2,1H3/t25-,28+/m0/s1. The molecule has 6 bridgehead atoms. The Morgan fingerprint density at radius 2 is 2.03 bits per heavy atom. The molecule has 0 saturated carbocycles. The molecule has 192 valence electrons. The molecule has 1 fully saturated rings. The fourth-order valence-corrected chi connectivity index (χ4v) is 6.31. The minimum atomic E-state index is -0.945. The van der Waals surface area contributed by atoms with Crippen LogP contribution in [0.15, 0.2) is 67.3 Å². The first-order valence-corrected chi connectivity index (χ1v) is 12.9. The molecule has 2 atom stereocenters. The average Bonchev–Trinajstić information content (AvgIpc) is 3.70. The van der Waals surface area contributed by atoms with E-state index in [2.05, 4.69) is 15.3 Å². The van der Waals surface area contributed by atoms with Crippen LogP contribution in [0.1, 0.15) is 46.2 Å². The minimum absolute atomic E-state index is 0.0280. The number of para-hydroxylation sites is 1. The molecule has 3 aliphatic heterocycles. The fraction of sp³-hybridized carbons (Fsp3) is 0.321. The first-order valence-electron chi connectivity index (χ1n) is 12.9. The summed E-state index contributed by atoms with van der Waals surface area (Å²) in [7, 11) is 1.81. The Bertz CT molecular complexity index is 1560. The van der Waals surface area contributed by atoms with E-state index in [4.69, 9.17) is 4.74 Å². The highest BCUT2D eigenvalue weighted by atomic mass is 16.5. The molecule has 0 N–H and O–H groups in total. The van der Waals surface area contributed by atoms with Gasteiger partial charge in [0.1, 0.15) is 22.6 Å². The molecular formula is C28H27N7O3. The monoisotopic (exact) mass is 509 g/mol. The van der Waals surface area contributed by atoms with Crippen LogP contribution in [0.2, 0.25) is 0 Å². The van der Waals surface area contributed by atoms with Crippen LogP contribution in [0.3, 0.4) is 0 Å². The molecule has 2 aromatic carbocycles. The number of carbonyl (C=O) groups excluding carboxylic acids is 2. The Morgan fingerprint density at radius 3 is 2.89 bits per heavy atom. The predicted octanol–water partition coefficient (Wildman–Crippen LogP) is 2.87. The lowest BCUT2D eigenvalue weighted by atomic mass is 9.72. The van der Waals surface area contributed by atoms with Gasteiger partial charge in [-0.1, -0.05) is 35.5 Å². The summed E-state index contributed by atoms with van der Waals surface area (Å²) >= 11 is 0. The molecule has 5 heterocycles. The van der Waals surface area contributed by atoms with Gasteiger partial charge in [-0.25, -0.2) is 4.98 Å². The number of anilines is 1. The number of benzene rings is 2. The summed E-state index contributed by atoms with van der Waals surface area (Å²) in [6.45, 7) is 1.93. The number of fused-ring (bicyclic) bond motifs is 8. The summed E-state index contributed by atoms with van der Waals surface area (Å²) in [6.07, 6.45) is 6.36. The van der Waals surface area contributed by atoms with E-state index >= 15 is 0 Å². The topological polar surface area (TPSA) is 98.4 Å². The summed E-state index contributed by atoms with van der Waals surface area (Å²) < 4.78 is 9.62. The lowest BCUT2D eigenvalue weighted by molar-refractivity contribution is -0.124. The Balaban J connectivity index is 1.43. The van der Waals surface area contributed by atoms with Crippen molar-refractivity contribution in [1.82, 2.24) is 29.4 Å². The van der Waals surface area contributed by atoms with Gasteiger partial charge in [0.25, 0.3) is 5.91 Å². The molecule has 0 unspecified atom stereocenters. The molecule has 1 saturated heterocycles. The summed E-state index contributed by atoms with van der Waals surface area (Å²) in [6, 6.07) is 15.2. The summed E-state index contributed by atoms with van der Waals surface area (Å²) in [5.41, 5.74) is 2.92. The van der Waals surface area contributed by atoms with E-state index < -0.39 is 11.5 Å². The number of aryl methyl sites for hydroxylation is 2. The Labute approximate surface area is 219 Å². The summed E-state index contributed by atoms with van der Waals surface area (Å²) in [4.78, 5) is 36.4. The third-order valence-electron chi connectivity index (χ3n) is 8.00. The largest absolute Gasteiger partial charge is 0.494 e.